The third kappa shape index (κ3) is 3.47. The van der Waals surface area contributed by atoms with E-state index in [0.717, 1.165) is 18.3 Å². The van der Waals surface area contributed by atoms with Crippen molar-refractivity contribution in [3.8, 4) is 6.07 Å². The monoisotopic (exact) mass is 256 g/mol. The molecule has 90 valence electrons. The van der Waals surface area contributed by atoms with Crippen molar-refractivity contribution in [2.45, 2.75) is 11.3 Å². The number of nitro groups is 1. The molecule has 0 aliphatic heterocycles. The molecule has 0 radical (unpaired) electrons. The Morgan fingerprint density at radius 1 is 1.53 bits per heavy atom. The van der Waals surface area contributed by atoms with Gasteiger partial charge in [0.15, 0.2) is 6.20 Å². The van der Waals surface area contributed by atoms with E-state index in [1.807, 2.05) is 0 Å². The highest BCUT2D eigenvalue weighted by Crippen LogP contribution is 2.11. The summed E-state index contributed by atoms with van der Waals surface area (Å²) in [6, 6.07) is 3.87. The number of hydrogen-bond donors (Lipinski definition) is 1. The van der Waals surface area contributed by atoms with E-state index in [2.05, 4.69) is 9.71 Å². The Morgan fingerprint density at radius 2 is 2.24 bits per heavy atom. The van der Waals surface area contributed by atoms with E-state index >= 15 is 0 Å². The standard InChI is InChI=1S/C8H8N4O4S/c9-4-1-5-11-17(15,16)7-2-3-8(10-6-7)12(13)14/h2-3,6,11H,1,5H2. The van der Waals surface area contributed by atoms with Gasteiger partial charge in [-0.15, -0.1) is 0 Å². The van der Waals surface area contributed by atoms with Crippen LogP contribution in [0.3, 0.4) is 0 Å². The second kappa shape index (κ2) is 5.33. The van der Waals surface area contributed by atoms with Crippen molar-refractivity contribution < 1.29 is 13.3 Å². The Hall–Kier alpha value is -2.05. The lowest BCUT2D eigenvalue weighted by atomic mass is 10.5. The predicted octanol–water partition coefficient (Wildman–Crippen LogP) is 0.182. The van der Waals surface area contributed by atoms with Crippen LogP contribution in [0.1, 0.15) is 6.42 Å². The van der Waals surface area contributed by atoms with Gasteiger partial charge in [-0.25, -0.2) is 13.1 Å². The number of sulfonamides is 1. The first-order valence-electron chi connectivity index (χ1n) is 4.44. The molecule has 1 aromatic rings. The van der Waals surface area contributed by atoms with E-state index in [0.29, 0.717) is 0 Å². The second-order valence-corrected chi connectivity index (χ2v) is 4.68. The fourth-order valence-electron chi connectivity index (χ4n) is 0.964. The third-order valence-corrected chi connectivity index (χ3v) is 3.19. The molecule has 0 saturated carbocycles. The first kappa shape index (κ1) is 13.0. The molecule has 0 aliphatic rings. The fourth-order valence-corrected chi connectivity index (χ4v) is 1.94. The van der Waals surface area contributed by atoms with E-state index in [-0.39, 0.29) is 17.9 Å². The van der Waals surface area contributed by atoms with Gasteiger partial charge in [-0.3, -0.25) is 0 Å². The molecule has 0 unspecified atom stereocenters. The molecule has 0 spiro atoms. The molecule has 0 fully saturated rings. The van der Waals surface area contributed by atoms with Gasteiger partial charge in [0.25, 0.3) is 0 Å². The van der Waals surface area contributed by atoms with Crippen molar-refractivity contribution in [2.24, 2.45) is 0 Å². The van der Waals surface area contributed by atoms with Crippen LogP contribution in [0.4, 0.5) is 5.82 Å². The summed E-state index contributed by atoms with van der Waals surface area (Å²) < 4.78 is 25.3. The molecule has 0 aromatic carbocycles. The van der Waals surface area contributed by atoms with Crippen molar-refractivity contribution in [1.82, 2.24) is 9.71 Å². The summed E-state index contributed by atoms with van der Waals surface area (Å²) in [6.07, 6.45) is 0.937. The molecule has 9 heteroatoms. The number of nitriles is 1. The van der Waals surface area contributed by atoms with Crippen molar-refractivity contribution in [3.05, 3.63) is 28.4 Å². The Balaban J connectivity index is 2.86. The fraction of sp³-hybridized carbons (Fsp3) is 0.250. The third-order valence-electron chi connectivity index (χ3n) is 1.75. The smallest absolute Gasteiger partial charge is 0.358 e. The van der Waals surface area contributed by atoms with Gasteiger partial charge < -0.3 is 10.1 Å². The quantitative estimate of drug-likeness (QED) is 0.455. The molecule has 8 nitrogen and oxygen atoms in total. The molecule has 0 saturated heterocycles. The minimum atomic E-state index is -3.76. The normalized spacial score (nSPS) is 10.8. The Kier molecular flexibility index (Phi) is 4.08. The number of aromatic nitrogens is 1. The van der Waals surface area contributed by atoms with Crippen LogP contribution < -0.4 is 4.72 Å². The van der Waals surface area contributed by atoms with Gasteiger partial charge in [-0.1, -0.05) is 0 Å². The topological polar surface area (TPSA) is 126 Å². The lowest BCUT2D eigenvalue weighted by molar-refractivity contribution is -0.389. The number of nitrogens with one attached hydrogen (secondary N) is 1. The summed E-state index contributed by atoms with van der Waals surface area (Å²) in [6.45, 7) is -0.0180. The highest BCUT2D eigenvalue weighted by Gasteiger charge is 2.17. The number of nitrogens with zero attached hydrogens (tertiary/aromatic N) is 3. The molecule has 17 heavy (non-hydrogen) atoms. The summed E-state index contributed by atoms with van der Waals surface area (Å²) in [5.74, 6) is -0.430. The molecular weight excluding hydrogens is 248 g/mol. The van der Waals surface area contributed by atoms with E-state index in [1.54, 1.807) is 6.07 Å². The van der Waals surface area contributed by atoms with Gasteiger partial charge >= 0.3 is 5.82 Å². The van der Waals surface area contributed by atoms with Crippen LogP contribution in [0.15, 0.2) is 23.2 Å². The van der Waals surface area contributed by atoms with Crippen molar-refractivity contribution in [2.75, 3.05) is 6.54 Å². The zero-order chi connectivity index (χ0) is 12.9. The van der Waals surface area contributed by atoms with Crippen LogP contribution in [0.2, 0.25) is 0 Å². The zero-order valence-electron chi connectivity index (χ0n) is 8.53. The maximum atomic E-state index is 11.6. The molecule has 0 amide bonds. The van der Waals surface area contributed by atoms with Gasteiger partial charge in [-0.05, 0) is 16.0 Å². The minimum absolute atomic E-state index is 0.0180. The average Bonchev–Trinajstić information content (AvgIpc) is 2.29. The summed E-state index contributed by atoms with van der Waals surface area (Å²) in [7, 11) is -3.76. The largest absolute Gasteiger partial charge is 0.363 e. The van der Waals surface area contributed by atoms with Crippen LogP contribution in [-0.4, -0.2) is 24.9 Å². The van der Waals surface area contributed by atoms with Gasteiger partial charge in [0, 0.05) is 19.0 Å². The van der Waals surface area contributed by atoms with Gasteiger partial charge in [0.2, 0.25) is 10.0 Å². The Morgan fingerprint density at radius 3 is 2.71 bits per heavy atom. The summed E-state index contributed by atoms with van der Waals surface area (Å²) in [4.78, 5) is 12.8. The SMILES string of the molecule is N#CCCNS(=O)(=O)c1ccc([N+](=O)[O-])nc1. The maximum Gasteiger partial charge on any atom is 0.363 e. The molecule has 1 N–H and O–H groups in total. The molecular formula is C8H8N4O4S. The average molecular weight is 256 g/mol. The zero-order valence-corrected chi connectivity index (χ0v) is 9.35. The van der Waals surface area contributed by atoms with E-state index in [4.69, 9.17) is 5.26 Å². The van der Waals surface area contributed by atoms with E-state index in [9.17, 15) is 18.5 Å². The number of pyridine rings is 1. The van der Waals surface area contributed by atoms with Crippen LogP contribution in [0.5, 0.6) is 0 Å². The van der Waals surface area contributed by atoms with E-state index in [1.165, 1.54) is 0 Å². The van der Waals surface area contributed by atoms with Crippen molar-refractivity contribution in [3.63, 3.8) is 0 Å². The van der Waals surface area contributed by atoms with Crippen molar-refractivity contribution >= 4 is 15.8 Å². The van der Waals surface area contributed by atoms with Crippen LogP contribution in [-0.2, 0) is 10.0 Å². The van der Waals surface area contributed by atoms with Gasteiger partial charge in [0.1, 0.15) is 4.90 Å². The van der Waals surface area contributed by atoms with Crippen LogP contribution in [0, 0.1) is 21.4 Å². The number of rotatable bonds is 5. The molecule has 0 aliphatic carbocycles. The van der Waals surface area contributed by atoms with Crippen LogP contribution >= 0.6 is 0 Å². The van der Waals surface area contributed by atoms with Crippen LogP contribution in [0.25, 0.3) is 0 Å². The maximum absolute atomic E-state index is 11.6. The first-order valence-corrected chi connectivity index (χ1v) is 5.93. The Labute approximate surface area is 97.1 Å². The molecule has 1 heterocycles. The minimum Gasteiger partial charge on any atom is -0.358 e. The molecule has 1 rings (SSSR count). The molecule has 0 atom stereocenters. The summed E-state index contributed by atoms with van der Waals surface area (Å²) >= 11 is 0. The van der Waals surface area contributed by atoms with E-state index < -0.39 is 20.8 Å². The lowest BCUT2D eigenvalue weighted by Crippen LogP contribution is -2.24. The lowest BCUT2D eigenvalue weighted by Gasteiger charge is -2.02. The van der Waals surface area contributed by atoms with Gasteiger partial charge in [0.05, 0.1) is 6.07 Å². The molecule has 0 bridgehead atoms. The first-order chi connectivity index (χ1) is 7.97. The predicted molar refractivity (Wildman–Crippen MR) is 56.3 cm³/mol. The summed E-state index contributed by atoms with van der Waals surface area (Å²) in [5, 5.41) is 18.6. The second-order valence-electron chi connectivity index (χ2n) is 2.92. The van der Waals surface area contributed by atoms with Crippen molar-refractivity contribution in [1.29, 1.82) is 5.26 Å². The molecule has 1 aromatic heterocycles. The summed E-state index contributed by atoms with van der Waals surface area (Å²) in [5.41, 5.74) is 0. The highest BCUT2D eigenvalue weighted by atomic mass is 32.2. The van der Waals surface area contributed by atoms with Gasteiger partial charge in [-0.2, -0.15) is 5.26 Å². The highest BCUT2D eigenvalue weighted by molar-refractivity contribution is 7.89. The Bertz CT molecular complexity index is 546. The number of hydrogen-bond acceptors (Lipinski definition) is 6.